The average Bonchev–Trinajstić information content (AvgIpc) is 3.22. The molecular weight excluding hydrogens is 278 g/mol. The Morgan fingerprint density at radius 3 is 2.62 bits per heavy atom. The zero-order valence-electron chi connectivity index (χ0n) is 11.3. The number of carboxylic acid groups (broad SMARTS) is 1. The molecule has 0 bridgehead atoms. The molecule has 8 heteroatoms. The van der Waals surface area contributed by atoms with Crippen LogP contribution < -0.4 is 10.6 Å². The molecule has 0 aromatic heterocycles. The number of nitro benzene ring substituents is 1. The van der Waals surface area contributed by atoms with Crippen LogP contribution in [0.2, 0.25) is 0 Å². The summed E-state index contributed by atoms with van der Waals surface area (Å²) < 4.78 is 0. The predicted octanol–water partition coefficient (Wildman–Crippen LogP) is 1.37. The molecule has 21 heavy (non-hydrogen) atoms. The molecule has 0 saturated heterocycles. The molecule has 0 aliphatic heterocycles. The Balaban J connectivity index is 2.15. The maximum Gasteiger partial charge on any atom is 0.335 e. The maximum absolute atomic E-state index is 11.8. The molecule has 1 aromatic carbocycles. The summed E-state index contributed by atoms with van der Waals surface area (Å²) in [6.07, 6.45) is 1.90. The lowest BCUT2D eigenvalue weighted by atomic mass is 10.1. The third-order valence-corrected chi connectivity index (χ3v) is 3.13. The molecule has 0 radical (unpaired) electrons. The number of hydrogen-bond acceptors (Lipinski definition) is 5. The maximum atomic E-state index is 11.8. The zero-order valence-corrected chi connectivity index (χ0v) is 11.3. The lowest BCUT2D eigenvalue weighted by Crippen LogP contribution is -2.38. The lowest BCUT2D eigenvalue weighted by molar-refractivity contribution is -0.384. The Kier molecular flexibility index (Phi) is 4.06. The molecule has 1 aliphatic carbocycles. The van der Waals surface area contributed by atoms with Crippen LogP contribution in [0.4, 0.5) is 11.4 Å². The van der Waals surface area contributed by atoms with Gasteiger partial charge in [0.05, 0.1) is 10.5 Å². The highest BCUT2D eigenvalue weighted by Crippen LogP contribution is 2.26. The Labute approximate surface area is 120 Å². The fourth-order valence-electron chi connectivity index (χ4n) is 1.79. The third-order valence-electron chi connectivity index (χ3n) is 3.13. The average molecular weight is 293 g/mol. The van der Waals surface area contributed by atoms with Gasteiger partial charge in [-0.1, -0.05) is 0 Å². The molecule has 2 rings (SSSR count). The van der Waals surface area contributed by atoms with Crippen molar-refractivity contribution in [2.45, 2.75) is 31.8 Å². The fourth-order valence-corrected chi connectivity index (χ4v) is 1.79. The number of benzene rings is 1. The zero-order chi connectivity index (χ0) is 15.6. The number of anilines is 1. The van der Waals surface area contributed by atoms with E-state index >= 15 is 0 Å². The summed E-state index contributed by atoms with van der Waals surface area (Å²) in [6, 6.07) is 3.06. The first kappa shape index (κ1) is 14.8. The van der Waals surface area contributed by atoms with Crippen molar-refractivity contribution < 1.29 is 19.6 Å². The van der Waals surface area contributed by atoms with Gasteiger partial charge < -0.3 is 15.7 Å². The van der Waals surface area contributed by atoms with Crippen LogP contribution in [-0.4, -0.2) is 34.0 Å². The summed E-state index contributed by atoms with van der Waals surface area (Å²) in [4.78, 5) is 33.0. The van der Waals surface area contributed by atoms with Crippen LogP contribution in [0.25, 0.3) is 0 Å². The number of nitro groups is 1. The van der Waals surface area contributed by atoms with E-state index in [0.717, 1.165) is 18.9 Å². The van der Waals surface area contributed by atoms with Crippen LogP contribution in [0, 0.1) is 10.1 Å². The van der Waals surface area contributed by atoms with Crippen molar-refractivity contribution in [2.75, 3.05) is 5.32 Å². The monoisotopic (exact) mass is 293 g/mol. The second-order valence-electron chi connectivity index (χ2n) is 4.94. The second kappa shape index (κ2) is 5.78. The summed E-state index contributed by atoms with van der Waals surface area (Å²) >= 11 is 0. The van der Waals surface area contributed by atoms with Crippen LogP contribution in [0.1, 0.15) is 30.1 Å². The number of carbonyl (C=O) groups excluding carboxylic acids is 1. The molecule has 3 N–H and O–H groups in total. The van der Waals surface area contributed by atoms with Gasteiger partial charge in [-0.15, -0.1) is 0 Å². The van der Waals surface area contributed by atoms with Crippen LogP contribution >= 0.6 is 0 Å². The van der Waals surface area contributed by atoms with Gasteiger partial charge in [0.1, 0.15) is 11.7 Å². The summed E-state index contributed by atoms with van der Waals surface area (Å²) in [5.74, 6) is -1.49. The topological polar surface area (TPSA) is 122 Å². The number of rotatable bonds is 6. The van der Waals surface area contributed by atoms with Crippen molar-refractivity contribution in [3.63, 3.8) is 0 Å². The van der Waals surface area contributed by atoms with Crippen LogP contribution in [0.15, 0.2) is 18.2 Å². The van der Waals surface area contributed by atoms with Gasteiger partial charge in [-0.2, -0.15) is 0 Å². The van der Waals surface area contributed by atoms with Crippen molar-refractivity contribution in [2.24, 2.45) is 0 Å². The molecule has 112 valence electrons. The summed E-state index contributed by atoms with van der Waals surface area (Å²) in [5.41, 5.74) is -0.438. The standard InChI is InChI=1S/C13H15N3O5/c1-7(12(17)15-9-3-4-9)14-10-5-2-8(13(18)19)6-11(10)16(20)21/h2,5-7,9,14H,3-4H2,1H3,(H,15,17)(H,18,19). The summed E-state index contributed by atoms with van der Waals surface area (Å²) in [5, 5.41) is 25.4. The lowest BCUT2D eigenvalue weighted by Gasteiger charge is -2.15. The molecule has 0 spiro atoms. The number of hydrogen-bond donors (Lipinski definition) is 3. The van der Waals surface area contributed by atoms with E-state index in [4.69, 9.17) is 5.11 Å². The smallest absolute Gasteiger partial charge is 0.335 e. The van der Waals surface area contributed by atoms with Crippen molar-refractivity contribution in [1.82, 2.24) is 5.32 Å². The van der Waals surface area contributed by atoms with E-state index in [1.807, 2.05) is 0 Å². The second-order valence-corrected chi connectivity index (χ2v) is 4.94. The van der Waals surface area contributed by atoms with E-state index in [1.165, 1.54) is 12.1 Å². The van der Waals surface area contributed by atoms with Crippen molar-refractivity contribution in [3.8, 4) is 0 Å². The Morgan fingerprint density at radius 1 is 1.43 bits per heavy atom. The number of nitrogens with one attached hydrogen (secondary N) is 2. The van der Waals surface area contributed by atoms with E-state index < -0.39 is 16.9 Å². The fraction of sp³-hybridized carbons (Fsp3) is 0.385. The van der Waals surface area contributed by atoms with Gasteiger partial charge in [0.15, 0.2) is 0 Å². The third kappa shape index (κ3) is 3.68. The Hall–Kier alpha value is -2.64. The van der Waals surface area contributed by atoms with Crippen molar-refractivity contribution in [1.29, 1.82) is 0 Å². The van der Waals surface area contributed by atoms with Gasteiger partial charge in [-0.3, -0.25) is 14.9 Å². The molecule has 1 aliphatic rings. The van der Waals surface area contributed by atoms with Gasteiger partial charge in [0, 0.05) is 12.1 Å². The highest BCUT2D eigenvalue weighted by Gasteiger charge is 2.26. The van der Waals surface area contributed by atoms with Gasteiger partial charge >= 0.3 is 5.97 Å². The SMILES string of the molecule is CC(Nc1ccc(C(=O)O)cc1[N+](=O)[O-])C(=O)NC1CC1. The number of nitrogens with zero attached hydrogens (tertiary/aromatic N) is 1. The van der Waals surface area contributed by atoms with Crippen molar-refractivity contribution >= 4 is 23.3 Å². The van der Waals surface area contributed by atoms with Crippen LogP contribution in [-0.2, 0) is 4.79 Å². The minimum Gasteiger partial charge on any atom is -0.478 e. The molecule has 1 amide bonds. The summed E-state index contributed by atoms with van der Waals surface area (Å²) in [7, 11) is 0. The van der Waals surface area contributed by atoms with Crippen LogP contribution in [0.5, 0.6) is 0 Å². The number of carboxylic acids is 1. The van der Waals surface area contributed by atoms with E-state index in [1.54, 1.807) is 6.92 Å². The molecule has 1 unspecified atom stereocenters. The quantitative estimate of drug-likeness (QED) is 0.538. The highest BCUT2D eigenvalue weighted by molar-refractivity contribution is 5.90. The van der Waals surface area contributed by atoms with Gasteiger partial charge in [-0.25, -0.2) is 4.79 Å². The molecule has 1 atom stereocenters. The van der Waals surface area contributed by atoms with E-state index in [9.17, 15) is 19.7 Å². The molecular formula is C13H15N3O5. The van der Waals surface area contributed by atoms with E-state index in [-0.39, 0.29) is 28.9 Å². The summed E-state index contributed by atoms with van der Waals surface area (Å²) in [6.45, 7) is 1.59. The minimum absolute atomic E-state index is 0.114. The van der Waals surface area contributed by atoms with Gasteiger partial charge in [-0.05, 0) is 31.9 Å². The molecule has 0 heterocycles. The first-order valence-electron chi connectivity index (χ1n) is 6.47. The Morgan fingerprint density at radius 2 is 2.10 bits per heavy atom. The predicted molar refractivity (Wildman–Crippen MR) is 74.3 cm³/mol. The number of amides is 1. The van der Waals surface area contributed by atoms with E-state index in [0.29, 0.717) is 0 Å². The molecule has 1 fully saturated rings. The van der Waals surface area contributed by atoms with Crippen molar-refractivity contribution in [3.05, 3.63) is 33.9 Å². The molecule has 1 aromatic rings. The van der Waals surface area contributed by atoms with Crippen LogP contribution in [0.3, 0.4) is 0 Å². The first-order chi connectivity index (χ1) is 9.88. The van der Waals surface area contributed by atoms with Gasteiger partial charge in [0.2, 0.25) is 5.91 Å². The normalized spacial score (nSPS) is 15.1. The molecule has 1 saturated carbocycles. The first-order valence-corrected chi connectivity index (χ1v) is 6.47. The highest BCUT2D eigenvalue weighted by atomic mass is 16.6. The van der Waals surface area contributed by atoms with E-state index in [2.05, 4.69) is 10.6 Å². The largest absolute Gasteiger partial charge is 0.478 e. The number of carbonyl (C=O) groups is 2. The van der Waals surface area contributed by atoms with Gasteiger partial charge in [0.25, 0.3) is 5.69 Å². The number of aromatic carboxylic acids is 1. The minimum atomic E-state index is -1.25. The molecule has 8 nitrogen and oxygen atoms in total. The Bertz CT molecular complexity index is 597.